The number of rotatable bonds is 3. The maximum absolute atomic E-state index is 3.66. The van der Waals surface area contributed by atoms with Crippen molar-refractivity contribution in [3.05, 3.63) is 0 Å². The van der Waals surface area contributed by atoms with Crippen molar-refractivity contribution >= 4 is 0 Å². The van der Waals surface area contributed by atoms with Gasteiger partial charge in [0.2, 0.25) is 0 Å². The first-order valence-corrected chi connectivity index (χ1v) is 5.94. The highest BCUT2D eigenvalue weighted by molar-refractivity contribution is 4.86. The zero-order valence-electron chi connectivity index (χ0n) is 10.4. The second-order valence-electron chi connectivity index (χ2n) is 5.48. The molecular formula is C12H26N2. The monoisotopic (exact) mass is 198 g/mol. The number of nitrogens with one attached hydrogen (secondary N) is 1. The average molecular weight is 198 g/mol. The fraction of sp³-hybridized carbons (Fsp3) is 1.00. The molecule has 84 valence electrons. The Morgan fingerprint density at radius 3 is 2.36 bits per heavy atom. The van der Waals surface area contributed by atoms with Gasteiger partial charge in [-0.3, -0.25) is 0 Å². The zero-order chi connectivity index (χ0) is 10.7. The van der Waals surface area contributed by atoms with Gasteiger partial charge in [-0.25, -0.2) is 0 Å². The summed E-state index contributed by atoms with van der Waals surface area (Å²) >= 11 is 0. The van der Waals surface area contributed by atoms with Gasteiger partial charge in [-0.2, -0.15) is 0 Å². The van der Waals surface area contributed by atoms with E-state index in [2.05, 4.69) is 45.0 Å². The summed E-state index contributed by atoms with van der Waals surface area (Å²) in [5.41, 5.74) is 0. The lowest BCUT2D eigenvalue weighted by atomic mass is 9.96. The van der Waals surface area contributed by atoms with Crippen LogP contribution in [0, 0.1) is 11.8 Å². The molecule has 0 aliphatic carbocycles. The molecule has 1 rings (SSSR count). The smallest absolute Gasteiger partial charge is 0.0220 e. The third-order valence-electron chi connectivity index (χ3n) is 3.27. The van der Waals surface area contributed by atoms with Gasteiger partial charge in [0.05, 0.1) is 0 Å². The summed E-state index contributed by atoms with van der Waals surface area (Å²) in [6.07, 6.45) is 1.31. The minimum absolute atomic E-state index is 0.684. The second kappa shape index (κ2) is 5.13. The van der Waals surface area contributed by atoms with Gasteiger partial charge in [0.1, 0.15) is 0 Å². The van der Waals surface area contributed by atoms with E-state index in [9.17, 15) is 0 Å². The maximum Gasteiger partial charge on any atom is 0.0220 e. The van der Waals surface area contributed by atoms with Crippen LogP contribution in [0.1, 0.15) is 34.1 Å². The summed E-state index contributed by atoms with van der Waals surface area (Å²) < 4.78 is 0. The SMILES string of the molecule is CC(C)CC1CNC(C(C)C)CN1C. The standard InChI is InChI=1S/C12H26N2/c1-9(2)6-11-7-13-12(10(3)4)8-14(11)5/h9-13H,6-8H2,1-5H3. The maximum atomic E-state index is 3.66. The van der Waals surface area contributed by atoms with Crippen LogP contribution in [0.3, 0.4) is 0 Å². The quantitative estimate of drug-likeness (QED) is 0.746. The molecule has 14 heavy (non-hydrogen) atoms. The molecule has 0 spiro atoms. The molecule has 1 fully saturated rings. The Bertz CT molecular complexity index is 166. The molecule has 2 unspecified atom stereocenters. The minimum atomic E-state index is 0.684. The molecular weight excluding hydrogens is 172 g/mol. The first-order chi connectivity index (χ1) is 6.50. The van der Waals surface area contributed by atoms with Gasteiger partial charge >= 0.3 is 0 Å². The Labute approximate surface area is 89.1 Å². The molecule has 0 bridgehead atoms. The van der Waals surface area contributed by atoms with Crippen molar-refractivity contribution < 1.29 is 0 Å². The van der Waals surface area contributed by atoms with Crippen molar-refractivity contribution in [2.24, 2.45) is 11.8 Å². The Morgan fingerprint density at radius 1 is 1.29 bits per heavy atom. The molecule has 1 saturated heterocycles. The number of hydrogen-bond acceptors (Lipinski definition) is 2. The Kier molecular flexibility index (Phi) is 4.39. The summed E-state index contributed by atoms with van der Waals surface area (Å²) in [5.74, 6) is 1.55. The van der Waals surface area contributed by atoms with Gasteiger partial charge in [0, 0.05) is 25.2 Å². The lowest BCUT2D eigenvalue weighted by Gasteiger charge is -2.40. The van der Waals surface area contributed by atoms with Gasteiger partial charge in [0.25, 0.3) is 0 Å². The van der Waals surface area contributed by atoms with Crippen LogP contribution in [-0.4, -0.2) is 37.1 Å². The number of nitrogens with zero attached hydrogens (tertiary/aromatic N) is 1. The predicted molar refractivity (Wildman–Crippen MR) is 62.5 cm³/mol. The molecule has 0 radical (unpaired) electrons. The molecule has 0 aromatic carbocycles. The van der Waals surface area contributed by atoms with E-state index >= 15 is 0 Å². The largest absolute Gasteiger partial charge is 0.311 e. The third-order valence-corrected chi connectivity index (χ3v) is 3.27. The fourth-order valence-electron chi connectivity index (χ4n) is 2.22. The normalized spacial score (nSPS) is 30.2. The van der Waals surface area contributed by atoms with Crippen molar-refractivity contribution in [3.63, 3.8) is 0 Å². The minimum Gasteiger partial charge on any atom is -0.311 e. The molecule has 0 aromatic rings. The molecule has 2 nitrogen and oxygen atoms in total. The number of piperazine rings is 1. The van der Waals surface area contributed by atoms with Crippen molar-refractivity contribution in [3.8, 4) is 0 Å². The van der Waals surface area contributed by atoms with E-state index in [1.54, 1.807) is 0 Å². The molecule has 0 saturated carbocycles. The van der Waals surface area contributed by atoms with Crippen LogP contribution in [0.2, 0.25) is 0 Å². The Morgan fingerprint density at radius 2 is 1.93 bits per heavy atom. The second-order valence-corrected chi connectivity index (χ2v) is 5.48. The molecule has 0 amide bonds. The van der Waals surface area contributed by atoms with Gasteiger partial charge < -0.3 is 10.2 Å². The summed E-state index contributed by atoms with van der Waals surface area (Å²) in [4.78, 5) is 2.53. The van der Waals surface area contributed by atoms with Crippen LogP contribution in [-0.2, 0) is 0 Å². The molecule has 1 heterocycles. The van der Waals surface area contributed by atoms with E-state index in [-0.39, 0.29) is 0 Å². The van der Waals surface area contributed by atoms with Gasteiger partial charge in [-0.05, 0) is 25.3 Å². The first kappa shape index (κ1) is 12.0. The van der Waals surface area contributed by atoms with Crippen molar-refractivity contribution in [1.82, 2.24) is 10.2 Å². The molecule has 2 atom stereocenters. The number of hydrogen-bond donors (Lipinski definition) is 1. The molecule has 2 heteroatoms. The average Bonchev–Trinajstić information content (AvgIpc) is 2.07. The first-order valence-electron chi connectivity index (χ1n) is 5.94. The van der Waals surface area contributed by atoms with E-state index in [1.165, 1.54) is 13.0 Å². The highest BCUT2D eigenvalue weighted by atomic mass is 15.2. The number of likely N-dealkylation sites (N-methyl/N-ethyl adjacent to an activating group) is 1. The Balaban J connectivity index is 2.39. The van der Waals surface area contributed by atoms with Crippen LogP contribution in [0.15, 0.2) is 0 Å². The van der Waals surface area contributed by atoms with E-state index in [0.717, 1.165) is 24.4 Å². The highest BCUT2D eigenvalue weighted by Gasteiger charge is 2.26. The van der Waals surface area contributed by atoms with Crippen LogP contribution < -0.4 is 5.32 Å². The van der Waals surface area contributed by atoms with Crippen LogP contribution >= 0.6 is 0 Å². The summed E-state index contributed by atoms with van der Waals surface area (Å²) in [5, 5.41) is 3.66. The molecule has 1 aliphatic heterocycles. The summed E-state index contributed by atoms with van der Waals surface area (Å²) in [7, 11) is 2.27. The van der Waals surface area contributed by atoms with Gasteiger partial charge in [-0.1, -0.05) is 27.7 Å². The molecule has 1 N–H and O–H groups in total. The van der Waals surface area contributed by atoms with E-state index in [4.69, 9.17) is 0 Å². The molecule has 0 aromatic heterocycles. The molecule has 1 aliphatic rings. The van der Waals surface area contributed by atoms with Gasteiger partial charge in [0.15, 0.2) is 0 Å². The zero-order valence-corrected chi connectivity index (χ0v) is 10.4. The van der Waals surface area contributed by atoms with Crippen LogP contribution in [0.5, 0.6) is 0 Å². The van der Waals surface area contributed by atoms with E-state index in [0.29, 0.717) is 6.04 Å². The lowest BCUT2D eigenvalue weighted by Crippen LogP contribution is -2.56. The summed E-state index contributed by atoms with van der Waals surface area (Å²) in [6, 6.07) is 1.42. The Hall–Kier alpha value is -0.0800. The summed E-state index contributed by atoms with van der Waals surface area (Å²) in [6.45, 7) is 11.6. The highest BCUT2D eigenvalue weighted by Crippen LogP contribution is 2.16. The third kappa shape index (κ3) is 3.25. The van der Waals surface area contributed by atoms with Crippen molar-refractivity contribution in [2.75, 3.05) is 20.1 Å². The van der Waals surface area contributed by atoms with Gasteiger partial charge in [-0.15, -0.1) is 0 Å². The topological polar surface area (TPSA) is 15.3 Å². The van der Waals surface area contributed by atoms with Crippen LogP contribution in [0.25, 0.3) is 0 Å². The van der Waals surface area contributed by atoms with E-state index in [1.807, 2.05) is 0 Å². The van der Waals surface area contributed by atoms with Crippen LogP contribution in [0.4, 0.5) is 0 Å². The van der Waals surface area contributed by atoms with Crippen molar-refractivity contribution in [2.45, 2.75) is 46.2 Å². The predicted octanol–water partition coefficient (Wildman–Crippen LogP) is 1.96. The lowest BCUT2D eigenvalue weighted by molar-refractivity contribution is 0.127. The van der Waals surface area contributed by atoms with Crippen molar-refractivity contribution in [1.29, 1.82) is 0 Å². The van der Waals surface area contributed by atoms with E-state index < -0.39 is 0 Å². The fourth-order valence-corrected chi connectivity index (χ4v) is 2.22.